The van der Waals surface area contributed by atoms with Crippen molar-refractivity contribution in [2.75, 3.05) is 32.1 Å². The second-order valence-electron chi connectivity index (χ2n) is 6.27. The minimum Gasteiger partial charge on any atom is -0.385 e. The molecule has 3 heterocycles. The van der Waals surface area contributed by atoms with Crippen LogP contribution in [0.5, 0.6) is 0 Å². The van der Waals surface area contributed by atoms with Gasteiger partial charge < -0.3 is 10.1 Å². The molecule has 1 N–H and O–H groups in total. The minimum absolute atomic E-state index is 0.192. The second kappa shape index (κ2) is 8.85. The molecule has 0 bridgehead atoms. The van der Waals surface area contributed by atoms with Crippen molar-refractivity contribution in [3.63, 3.8) is 0 Å². The fraction of sp³-hybridized carbons (Fsp3) is 0.368. The molecule has 9 heteroatoms. The fourth-order valence-corrected chi connectivity index (χ4v) is 4.23. The molecule has 1 fully saturated rings. The number of nitrogens with one attached hydrogen (secondary N) is 1. The smallest absolute Gasteiger partial charge is 0.267 e. The predicted octanol–water partition coefficient (Wildman–Crippen LogP) is 2.67. The van der Waals surface area contributed by atoms with Crippen LogP contribution < -0.4 is 10.9 Å². The molecule has 0 aromatic carbocycles. The van der Waals surface area contributed by atoms with E-state index in [1.54, 1.807) is 30.3 Å². The Morgan fingerprint density at radius 3 is 2.89 bits per heavy atom. The van der Waals surface area contributed by atoms with E-state index < -0.39 is 0 Å². The average Bonchev–Trinajstić information content (AvgIpc) is 2.93. The van der Waals surface area contributed by atoms with E-state index in [-0.39, 0.29) is 11.5 Å². The Kier molecular flexibility index (Phi) is 6.48. The molecule has 2 aromatic heterocycles. The summed E-state index contributed by atoms with van der Waals surface area (Å²) in [5.74, 6) is 0.272. The number of ether oxygens (including phenoxy) is 1. The van der Waals surface area contributed by atoms with Crippen LogP contribution in [-0.2, 0) is 9.53 Å². The summed E-state index contributed by atoms with van der Waals surface area (Å²) in [5, 5.41) is 3.14. The molecule has 0 unspecified atom stereocenters. The summed E-state index contributed by atoms with van der Waals surface area (Å²) in [5.41, 5.74) is 1.61. The maximum Gasteiger partial charge on any atom is 0.267 e. The Morgan fingerprint density at radius 2 is 2.18 bits per heavy atom. The number of amides is 1. The molecule has 0 radical (unpaired) electrons. The van der Waals surface area contributed by atoms with Crippen molar-refractivity contribution >= 4 is 51.7 Å². The number of fused-ring (bicyclic) bond motifs is 1. The number of methoxy groups -OCH3 is 1. The molecule has 0 atom stereocenters. The lowest BCUT2D eigenvalue weighted by Crippen LogP contribution is -2.29. The van der Waals surface area contributed by atoms with Crippen molar-refractivity contribution in [3.8, 4) is 0 Å². The molecule has 148 valence electrons. The number of nitrogens with zero attached hydrogens (tertiary/aromatic N) is 3. The zero-order valence-corrected chi connectivity index (χ0v) is 17.7. The van der Waals surface area contributed by atoms with Gasteiger partial charge in [0.25, 0.3) is 11.5 Å². The van der Waals surface area contributed by atoms with Gasteiger partial charge in [0.1, 0.15) is 15.8 Å². The highest BCUT2D eigenvalue weighted by Gasteiger charge is 2.32. The largest absolute Gasteiger partial charge is 0.385 e. The van der Waals surface area contributed by atoms with Crippen LogP contribution in [0.25, 0.3) is 11.7 Å². The summed E-state index contributed by atoms with van der Waals surface area (Å²) in [4.78, 5) is 32.5. The molecule has 28 heavy (non-hydrogen) atoms. The standard InChI is InChI=1S/C19H22N4O3S2/c1-4-20-15-13(17(24)22-8-5-7-12(2)16(22)21-15)11-14-18(25)23(19(27)28-14)9-6-10-26-3/h5,7-8,11,20H,4,6,9-10H2,1-3H3. The highest BCUT2D eigenvalue weighted by atomic mass is 32.2. The van der Waals surface area contributed by atoms with Crippen molar-refractivity contribution in [2.24, 2.45) is 0 Å². The quantitative estimate of drug-likeness (QED) is 0.421. The van der Waals surface area contributed by atoms with Gasteiger partial charge in [-0.25, -0.2) is 4.98 Å². The summed E-state index contributed by atoms with van der Waals surface area (Å²) >= 11 is 6.55. The first kappa shape index (κ1) is 20.5. The van der Waals surface area contributed by atoms with Crippen LogP contribution in [0.15, 0.2) is 28.0 Å². The van der Waals surface area contributed by atoms with Crippen LogP contribution in [0.2, 0.25) is 0 Å². The summed E-state index contributed by atoms with van der Waals surface area (Å²) in [7, 11) is 1.62. The topological polar surface area (TPSA) is 75.9 Å². The lowest BCUT2D eigenvalue weighted by atomic mass is 10.2. The molecule has 2 aromatic rings. The normalized spacial score (nSPS) is 15.8. The number of thiocarbonyl (C=S) groups is 1. The van der Waals surface area contributed by atoms with E-state index in [0.29, 0.717) is 52.4 Å². The van der Waals surface area contributed by atoms with Crippen LogP contribution in [0.1, 0.15) is 24.5 Å². The summed E-state index contributed by atoms with van der Waals surface area (Å²) in [6.45, 7) is 5.48. The molecule has 0 spiro atoms. The van der Waals surface area contributed by atoms with E-state index in [1.807, 2.05) is 19.9 Å². The average molecular weight is 419 g/mol. The number of anilines is 1. The van der Waals surface area contributed by atoms with Crippen molar-refractivity contribution in [2.45, 2.75) is 20.3 Å². The molecule has 0 saturated carbocycles. The highest BCUT2D eigenvalue weighted by Crippen LogP contribution is 2.33. The lowest BCUT2D eigenvalue weighted by Gasteiger charge is -2.13. The number of aromatic nitrogens is 2. The van der Waals surface area contributed by atoms with Crippen LogP contribution in [0.4, 0.5) is 5.82 Å². The first-order chi connectivity index (χ1) is 13.5. The van der Waals surface area contributed by atoms with Gasteiger partial charge in [-0.05, 0) is 38.0 Å². The van der Waals surface area contributed by atoms with Gasteiger partial charge >= 0.3 is 0 Å². The number of thioether (sulfide) groups is 1. The zero-order chi connectivity index (χ0) is 20.3. The fourth-order valence-electron chi connectivity index (χ4n) is 2.93. The van der Waals surface area contributed by atoms with Crippen LogP contribution >= 0.6 is 24.0 Å². The number of rotatable bonds is 7. The summed E-state index contributed by atoms with van der Waals surface area (Å²) in [6, 6.07) is 3.71. The lowest BCUT2D eigenvalue weighted by molar-refractivity contribution is -0.122. The van der Waals surface area contributed by atoms with Crippen molar-refractivity contribution in [1.82, 2.24) is 14.3 Å². The van der Waals surface area contributed by atoms with Crippen molar-refractivity contribution in [3.05, 3.63) is 44.7 Å². The monoisotopic (exact) mass is 418 g/mol. The van der Waals surface area contributed by atoms with Crippen molar-refractivity contribution < 1.29 is 9.53 Å². The molecule has 1 saturated heterocycles. The third kappa shape index (κ3) is 3.96. The number of carbonyl (C=O) groups excluding carboxylic acids is 1. The van der Waals surface area contributed by atoms with Crippen LogP contribution in [0, 0.1) is 6.92 Å². The number of pyridine rings is 1. The Balaban J connectivity index is 2.05. The maximum atomic E-state index is 13.1. The highest BCUT2D eigenvalue weighted by molar-refractivity contribution is 8.26. The Morgan fingerprint density at radius 1 is 1.39 bits per heavy atom. The van der Waals surface area contributed by atoms with Gasteiger partial charge in [-0.1, -0.05) is 30.0 Å². The van der Waals surface area contributed by atoms with E-state index >= 15 is 0 Å². The number of carbonyl (C=O) groups is 1. The third-order valence-electron chi connectivity index (χ3n) is 4.31. The molecular weight excluding hydrogens is 396 g/mol. The van der Waals surface area contributed by atoms with Gasteiger partial charge in [0.05, 0.1) is 10.5 Å². The van der Waals surface area contributed by atoms with E-state index in [4.69, 9.17) is 17.0 Å². The first-order valence-electron chi connectivity index (χ1n) is 8.98. The Labute approximate surface area is 172 Å². The van der Waals surface area contributed by atoms with Crippen molar-refractivity contribution in [1.29, 1.82) is 0 Å². The Hall–Kier alpha value is -2.23. The van der Waals surface area contributed by atoms with Gasteiger partial charge in [-0.3, -0.25) is 18.9 Å². The minimum atomic E-state index is -0.227. The van der Waals surface area contributed by atoms with Crippen LogP contribution in [0.3, 0.4) is 0 Å². The molecular formula is C19H22N4O3S2. The number of hydrogen-bond acceptors (Lipinski definition) is 7. The van der Waals surface area contributed by atoms with Crippen LogP contribution in [-0.4, -0.2) is 51.3 Å². The van der Waals surface area contributed by atoms with E-state index in [0.717, 1.165) is 5.56 Å². The van der Waals surface area contributed by atoms with Gasteiger partial charge in [-0.15, -0.1) is 0 Å². The SMILES string of the molecule is CCNc1nc2c(C)cccn2c(=O)c1C=C1SC(=S)N(CCCOC)C1=O. The third-order valence-corrected chi connectivity index (χ3v) is 5.69. The molecule has 7 nitrogen and oxygen atoms in total. The first-order valence-corrected chi connectivity index (χ1v) is 10.2. The predicted molar refractivity (Wildman–Crippen MR) is 117 cm³/mol. The molecule has 1 amide bonds. The van der Waals surface area contributed by atoms with E-state index in [9.17, 15) is 9.59 Å². The molecule has 0 aliphatic carbocycles. The van der Waals surface area contributed by atoms with E-state index in [1.165, 1.54) is 16.2 Å². The van der Waals surface area contributed by atoms with Gasteiger partial charge in [0, 0.05) is 33.0 Å². The summed E-state index contributed by atoms with van der Waals surface area (Å²) < 4.78 is 7.03. The zero-order valence-electron chi connectivity index (χ0n) is 16.0. The second-order valence-corrected chi connectivity index (χ2v) is 7.95. The maximum absolute atomic E-state index is 13.1. The summed E-state index contributed by atoms with van der Waals surface area (Å²) in [6.07, 6.45) is 3.97. The van der Waals surface area contributed by atoms with E-state index in [2.05, 4.69) is 10.3 Å². The Bertz CT molecular complexity index is 1020. The van der Waals surface area contributed by atoms with Gasteiger partial charge in [-0.2, -0.15) is 0 Å². The van der Waals surface area contributed by atoms with Gasteiger partial charge in [0.15, 0.2) is 0 Å². The molecule has 3 rings (SSSR count). The number of hydrogen-bond donors (Lipinski definition) is 1. The number of aryl methyl sites for hydroxylation is 1. The molecule has 1 aliphatic heterocycles. The van der Waals surface area contributed by atoms with Gasteiger partial charge in [0.2, 0.25) is 0 Å². The molecule has 1 aliphatic rings.